The highest BCUT2D eigenvalue weighted by Gasteiger charge is 2.38. The van der Waals surface area contributed by atoms with Gasteiger partial charge in [0.05, 0.1) is 24.7 Å². The molecular formula is C19H18N2O4. The van der Waals surface area contributed by atoms with Crippen LogP contribution in [0.1, 0.15) is 53.4 Å². The third-order valence-corrected chi connectivity index (χ3v) is 4.32. The molecule has 6 heteroatoms. The Bertz CT molecular complexity index is 883. The van der Waals surface area contributed by atoms with E-state index in [2.05, 4.69) is 10.8 Å². The van der Waals surface area contributed by atoms with Gasteiger partial charge in [-0.1, -0.05) is 0 Å². The lowest BCUT2D eigenvalue weighted by atomic mass is 9.81. The molecule has 0 aliphatic carbocycles. The first-order valence-corrected chi connectivity index (χ1v) is 7.89. The molecular weight excluding hydrogens is 320 g/mol. The smallest absolute Gasteiger partial charge is 0.344 e. The van der Waals surface area contributed by atoms with Crippen molar-refractivity contribution in [2.45, 2.75) is 31.8 Å². The van der Waals surface area contributed by atoms with Crippen LogP contribution in [0.25, 0.3) is 0 Å². The van der Waals surface area contributed by atoms with Crippen LogP contribution in [0.4, 0.5) is 0 Å². The maximum absolute atomic E-state index is 12.5. The van der Waals surface area contributed by atoms with Crippen molar-refractivity contribution in [3.8, 4) is 11.8 Å². The molecule has 6 nitrogen and oxygen atoms in total. The largest absolute Gasteiger partial charge is 0.618 e. The first-order chi connectivity index (χ1) is 11.8. The Morgan fingerprint density at radius 3 is 2.80 bits per heavy atom. The minimum absolute atomic E-state index is 0.193. The second kappa shape index (κ2) is 6.10. The third kappa shape index (κ3) is 3.13. The number of carbonyl (C=O) groups is 1. The number of ether oxygens (including phenoxy) is 2. The van der Waals surface area contributed by atoms with E-state index in [1.807, 2.05) is 13.8 Å². The fourth-order valence-corrected chi connectivity index (χ4v) is 3.19. The van der Waals surface area contributed by atoms with Crippen LogP contribution in [0.3, 0.4) is 0 Å². The van der Waals surface area contributed by atoms with E-state index in [0.29, 0.717) is 28.2 Å². The fraction of sp³-hybridized carbons (Fsp3) is 0.316. The van der Waals surface area contributed by atoms with Gasteiger partial charge in [0.2, 0.25) is 5.69 Å². The predicted molar refractivity (Wildman–Crippen MR) is 89.1 cm³/mol. The average molecular weight is 338 g/mol. The molecule has 3 rings (SSSR count). The molecule has 0 fully saturated rings. The van der Waals surface area contributed by atoms with Crippen molar-refractivity contribution >= 4 is 5.97 Å². The van der Waals surface area contributed by atoms with Gasteiger partial charge >= 0.3 is 5.97 Å². The molecule has 25 heavy (non-hydrogen) atoms. The average Bonchev–Trinajstić information content (AvgIpc) is 2.59. The molecule has 2 aromatic rings. The molecule has 0 N–H and O–H groups in total. The van der Waals surface area contributed by atoms with Gasteiger partial charge in [-0.3, -0.25) is 0 Å². The molecule has 0 saturated heterocycles. The molecule has 1 aromatic carbocycles. The molecule has 1 aliphatic rings. The lowest BCUT2D eigenvalue weighted by Gasteiger charge is -2.36. The summed E-state index contributed by atoms with van der Waals surface area (Å²) in [5.41, 5.74) is 1.54. The Labute approximate surface area is 145 Å². The number of hydrogen-bond acceptors (Lipinski definition) is 5. The first-order valence-electron chi connectivity index (χ1n) is 7.89. The van der Waals surface area contributed by atoms with Gasteiger partial charge in [0.15, 0.2) is 6.20 Å². The summed E-state index contributed by atoms with van der Waals surface area (Å²) in [5, 5.41) is 21.7. The predicted octanol–water partition coefficient (Wildman–Crippen LogP) is 2.67. The number of aromatic nitrogens is 1. The quantitative estimate of drug-likeness (QED) is 0.477. The van der Waals surface area contributed by atoms with Crippen molar-refractivity contribution in [3.63, 3.8) is 0 Å². The molecule has 1 aromatic heterocycles. The van der Waals surface area contributed by atoms with Gasteiger partial charge in [0, 0.05) is 18.1 Å². The highest BCUT2D eigenvalue weighted by Crippen LogP contribution is 2.43. The molecule has 2 heterocycles. The van der Waals surface area contributed by atoms with E-state index in [1.165, 1.54) is 13.3 Å². The molecule has 0 saturated carbocycles. The van der Waals surface area contributed by atoms with Crippen LogP contribution < -0.4 is 9.47 Å². The monoisotopic (exact) mass is 338 g/mol. The molecule has 0 spiro atoms. The summed E-state index contributed by atoms with van der Waals surface area (Å²) in [6.07, 6.45) is 1.80. The van der Waals surface area contributed by atoms with Gasteiger partial charge in [-0.2, -0.15) is 9.99 Å². The van der Waals surface area contributed by atoms with E-state index in [0.717, 1.165) is 5.56 Å². The summed E-state index contributed by atoms with van der Waals surface area (Å²) >= 11 is 0. The second-order valence-corrected chi connectivity index (χ2v) is 6.64. The highest BCUT2D eigenvalue weighted by molar-refractivity contribution is 5.88. The zero-order valence-electron chi connectivity index (χ0n) is 14.3. The number of nitrogens with zero attached hydrogens (tertiary/aromatic N) is 2. The minimum atomic E-state index is -0.560. The number of carbonyl (C=O) groups excluding carboxylic acids is 1. The summed E-state index contributed by atoms with van der Waals surface area (Å²) in [5.74, 6) is -0.135. The van der Waals surface area contributed by atoms with Crippen molar-refractivity contribution in [2.24, 2.45) is 0 Å². The molecule has 0 amide bonds. The summed E-state index contributed by atoms with van der Waals surface area (Å²) in [7, 11) is 1.27. The van der Waals surface area contributed by atoms with Crippen LogP contribution in [-0.2, 0) is 4.74 Å². The van der Waals surface area contributed by atoms with Crippen molar-refractivity contribution in [1.82, 2.24) is 0 Å². The Balaban J connectivity index is 2.11. The molecule has 0 radical (unpaired) electrons. The Morgan fingerprint density at radius 2 is 2.16 bits per heavy atom. The number of benzene rings is 1. The van der Waals surface area contributed by atoms with Gasteiger partial charge in [-0.25, -0.2) is 4.79 Å². The normalized spacial score (nSPS) is 17.8. The topological polar surface area (TPSA) is 86.3 Å². The van der Waals surface area contributed by atoms with Crippen LogP contribution in [-0.4, -0.2) is 18.7 Å². The number of pyridine rings is 1. The number of rotatable bonds is 2. The second-order valence-electron chi connectivity index (χ2n) is 6.64. The lowest BCUT2D eigenvalue weighted by Crippen LogP contribution is -2.41. The van der Waals surface area contributed by atoms with E-state index < -0.39 is 11.6 Å². The summed E-state index contributed by atoms with van der Waals surface area (Å²) < 4.78 is 11.3. The number of methoxy groups -OCH3 is 1. The molecule has 0 bridgehead atoms. The van der Waals surface area contributed by atoms with E-state index in [-0.39, 0.29) is 11.5 Å². The Morgan fingerprint density at radius 1 is 1.40 bits per heavy atom. The fourth-order valence-electron chi connectivity index (χ4n) is 3.19. The number of hydrogen-bond donors (Lipinski definition) is 0. The SMILES string of the molecule is COC(=O)c1ccc(C2CC(C)(C)Oc3ccc(C#N)cc32)[n+]([O-])c1. The van der Waals surface area contributed by atoms with Crippen molar-refractivity contribution in [1.29, 1.82) is 5.26 Å². The summed E-state index contributed by atoms with van der Waals surface area (Å²) in [4.78, 5) is 11.6. The van der Waals surface area contributed by atoms with Crippen LogP contribution in [0, 0.1) is 16.5 Å². The first kappa shape index (κ1) is 16.8. The summed E-state index contributed by atoms with van der Waals surface area (Å²) in [6.45, 7) is 3.91. The Kier molecular flexibility index (Phi) is 4.09. The van der Waals surface area contributed by atoms with Crippen LogP contribution in [0.15, 0.2) is 36.5 Å². The molecule has 1 atom stereocenters. The standard InChI is InChI=1S/C19H18N2O4/c1-19(2)9-15(14-8-12(10-20)4-7-17(14)25-19)16-6-5-13(11-21(16)23)18(22)24-3/h4-8,11,15H,9H2,1-3H3. The number of nitriles is 1. The zero-order valence-corrected chi connectivity index (χ0v) is 14.3. The summed E-state index contributed by atoms with van der Waals surface area (Å²) in [6, 6.07) is 10.5. The zero-order chi connectivity index (χ0) is 18.2. The van der Waals surface area contributed by atoms with Crippen molar-refractivity contribution < 1.29 is 19.0 Å². The van der Waals surface area contributed by atoms with E-state index in [9.17, 15) is 10.0 Å². The van der Waals surface area contributed by atoms with Crippen LogP contribution >= 0.6 is 0 Å². The highest BCUT2D eigenvalue weighted by atomic mass is 16.5. The molecule has 1 aliphatic heterocycles. The van der Waals surface area contributed by atoms with Crippen molar-refractivity contribution in [2.75, 3.05) is 7.11 Å². The van der Waals surface area contributed by atoms with Crippen LogP contribution in [0.5, 0.6) is 5.75 Å². The number of fused-ring (bicyclic) bond motifs is 1. The lowest BCUT2D eigenvalue weighted by molar-refractivity contribution is -0.615. The van der Waals surface area contributed by atoms with E-state index in [1.54, 1.807) is 30.3 Å². The third-order valence-electron chi connectivity index (χ3n) is 4.32. The molecule has 1 unspecified atom stereocenters. The minimum Gasteiger partial charge on any atom is -0.618 e. The molecule has 128 valence electrons. The van der Waals surface area contributed by atoms with Gasteiger partial charge in [-0.15, -0.1) is 0 Å². The van der Waals surface area contributed by atoms with Gasteiger partial charge in [0.1, 0.15) is 16.9 Å². The van der Waals surface area contributed by atoms with Crippen molar-refractivity contribution in [3.05, 3.63) is 64.1 Å². The van der Waals surface area contributed by atoms with E-state index >= 15 is 0 Å². The van der Waals surface area contributed by atoms with Gasteiger partial charge in [-0.05, 0) is 38.1 Å². The van der Waals surface area contributed by atoms with Crippen LogP contribution in [0.2, 0.25) is 0 Å². The van der Waals surface area contributed by atoms with E-state index in [4.69, 9.17) is 10.00 Å². The number of esters is 1. The van der Waals surface area contributed by atoms with Gasteiger partial charge < -0.3 is 14.7 Å². The maximum Gasteiger partial charge on any atom is 0.344 e. The Hall–Kier alpha value is -3.07. The maximum atomic E-state index is 12.5. The van der Waals surface area contributed by atoms with Gasteiger partial charge in [0.25, 0.3) is 0 Å².